The molecule has 0 fully saturated rings. The lowest BCUT2D eigenvalue weighted by Gasteiger charge is -2.23. The Bertz CT molecular complexity index is 207. The van der Waals surface area contributed by atoms with Crippen molar-refractivity contribution in [2.75, 3.05) is 6.54 Å². The molecule has 0 aliphatic carbocycles. The van der Waals surface area contributed by atoms with E-state index in [-0.39, 0.29) is 17.6 Å². The summed E-state index contributed by atoms with van der Waals surface area (Å²) in [5.41, 5.74) is -0.899. The van der Waals surface area contributed by atoms with E-state index in [2.05, 4.69) is 5.32 Å². The van der Waals surface area contributed by atoms with E-state index < -0.39 is 5.41 Å². The molecule has 0 bridgehead atoms. The van der Waals surface area contributed by atoms with Gasteiger partial charge in [0.2, 0.25) is 5.91 Å². The highest BCUT2D eigenvalue weighted by Crippen LogP contribution is 2.21. The monoisotopic (exact) mass is 185 g/mol. The summed E-state index contributed by atoms with van der Waals surface area (Å²) in [5, 5.41) is 2.66. The van der Waals surface area contributed by atoms with Crippen LogP contribution in [0.15, 0.2) is 0 Å². The van der Waals surface area contributed by atoms with Gasteiger partial charge in [0.25, 0.3) is 0 Å². The van der Waals surface area contributed by atoms with E-state index in [4.69, 9.17) is 0 Å². The van der Waals surface area contributed by atoms with Gasteiger partial charge in [-0.1, -0.05) is 13.8 Å². The normalized spacial score (nSPS) is 11.5. The van der Waals surface area contributed by atoms with Crippen molar-refractivity contribution in [3.05, 3.63) is 0 Å². The molecule has 0 spiro atoms. The van der Waals surface area contributed by atoms with Crippen LogP contribution in [0.4, 0.5) is 0 Å². The Kier molecular flexibility index (Phi) is 4.11. The van der Waals surface area contributed by atoms with Crippen LogP contribution in [0.1, 0.15) is 34.6 Å². The van der Waals surface area contributed by atoms with Gasteiger partial charge in [-0.2, -0.15) is 0 Å². The van der Waals surface area contributed by atoms with E-state index in [1.165, 1.54) is 0 Å². The molecule has 0 aromatic rings. The Morgan fingerprint density at radius 2 is 1.77 bits per heavy atom. The molecule has 0 aliphatic rings. The zero-order valence-electron chi connectivity index (χ0n) is 9.10. The molecular weight excluding hydrogens is 166 g/mol. The number of rotatable bonds is 4. The van der Waals surface area contributed by atoms with Gasteiger partial charge >= 0.3 is 0 Å². The van der Waals surface area contributed by atoms with Crippen LogP contribution >= 0.6 is 0 Å². The molecule has 0 atom stereocenters. The molecule has 1 N–H and O–H groups in total. The number of hydrogen-bond acceptors (Lipinski definition) is 2. The van der Waals surface area contributed by atoms with E-state index in [0.29, 0.717) is 6.54 Å². The van der Waals surface area contributed by atoms with Gasteiger partial charge in [0, 0.05) is 12.5 Å². The third-order valence-electron chi connectivity index (χ3n) is 2.05. The predicted molar refractivity (Wildman–Crippen MR) is 52.3 cm³/mol. The molecule has 0 aromatic heterocycles. The van der Waals surface area contributed by atoms with E-state index in [0.717, 1.165) is 0 Å². The zero-order valence-corrected chi connectivity index (χ0v) is 9.10. The Morgan fingerprint density at radius 3 is 2.08 bits per heavy atom. The van der Waals surface area contributed by atoms with Crippen molar-refractivity contribution < 1.29 is 9.59 Å². The lowest BCUT2D eigenvalue weighted by Crippen LogP contribution is -2.43. The van der Waals surface area contributed by atoms with Crippen LogP contribution in [-0.2, 0) is 9.59 Å². The smallest absolute Gasteiger partial charge is 0.233 e. The summed E-state index contributed by atoms with van der Waals surface area (Å²) in [4.78, 5) is 23.1. The van der Waals surface area contributed by atoms with Gasteiger partial charge in [-0.25, -0.2) is 0 Å². The van der Waals surface area contributed by atoms with Crippen molar-refractivity contribution >= 4 is 11.7 Å². The number of hydrogen-bond donors (Lipinski definition) is 1. The number of Topliss-reactive ketones (excluding diaryl/α,β-unsaturated/α-hetero) is 1. The Morgan fingerprint density at radius 1 is 1.31 bits per heavy atom. The highest BCUT2D eigenvalue weighted by Gasteiger charge is 2.36. The molecule has 3 heteroatoms. The lowest BCUT2D eigenvalue weighted by molar-refractivity contribution is -0.141. The Labute approximate surface area is 79.9 Å². The number of carbonyl (C=O) groups is 2. The van der Waals surface area contributed by atoms with Crippen LogP contribution in [-0.4, -0.2) is 18.2 Å². The van der Waals surface area contributed by atoms with Gasteiger partial charge in [0.05, 0.1) is 0 Å². The first-order chi connectivity index (χ1) is 5.84. The fraction of sp³-hybridized carbons (Fsp3) is 0.800. The van der Waals surface area contributed by atoms with E-state index in [1.54, 1.807) is 13.8 Å². The second kappa shape index (κ2) is 4.40. The summed E-state index contributed by atoms with van der Waals surface area (Å²) in [6, 6.07) is 0. The minimum Gasteiger partial charge on any atom is -0.356 e. The summed E-state index contributed by atoms with van der Waals surface area (Å²) in [5.74, 6) is -0.301. The van der Waals surface area contributed by atoms with Crippen molar-refractivity contribution in [2.45, 2.75) is 34.6 Å². The van der Waals surface area contributed by atoms with Crippen LogP contribution in [0.3, 0.4) is 0 Å². The molecule has 0 saturated heterocycles. The average molecular weight is 185 g/mol. The summed E-state index contributed by atoms with van der Waals surface area (Å²) < 4.78 is 0. The highest BCUT2D eigenvalue weighted by molar-refractivity contribution is 6.05. The number of ketones is 1. The molecule has 76 valence electrons. The predicted octanol–water partition coefficient (Wildman–Crippen LogP) is 1.37. The maximum absolute atomic E-state index is 11.6. The molecule has 13 heavy (non-hydrogen) atoms. The molecule has 0 radical (unpaired) electrons. The van der Waals surface area contributed by atoms with Gasteiger partial charge in [0.1, 0.15) is 11.2 Å². The molecule has 1 amide bonds. The van der Waals surface area contributed by atoms with Crippen LogP contribution in [0.5, 0.6) is 0 Å². The van der Waals surface area contributed by atoms with Crippen molar-refractivity contribution in [1.29, 1.82) is 0 Å². The topological polar surface area (TPSA) is 46.2 Å². The van der Waals surface area contributed by atoms with E-state index in [1.807, 2.05) is 20.8 Å². The van der Waals surface area contributed by atoms with E-state index >= 15 is 0 Å². The second-order valence-electron chi connectivity index (χ2n) is 4.00. The van der Waals surface area contributed by atoms with Gasteiger partial charge in [-0.3, -0.25) is 9.59 Å². The zero-order chi connectivity index (χ0) is 10.6. The molecule has 0 aliphatic heterocycles. The molecule has 0 heterocycles. The number of amides is 1. The van der Waals surface area contributed by atoms with Crippen LogP contribution in [0, 0.1) is 11.3 Å². The fourth-order valence-electron chi connectivity index (χ4n) is 1.22. The first-order valence-electron chi connectivity index (χ1n) is 4.66. The maximum Gasteiger partial charge on any atom is 0.233 e. The first-order valence-corrected chi connectivity index (χ1v) is 4.66. The minimum atomic E-state index is -0.899. The third kappa shape index (κ3) is 2.83. The van der Waals surface area contributed by atoms with E-state index in [9.17, 15) is 9.59 Å². The fourth-order valence-corrected chi connectivity index (χ4v) is 1.22. The molecule has 0 unspecified atom stereocenters. The third-order valence-corrected chi connectivity index (χ3v) is 2.05. The summed E-state index contributed by atoms with van der Waals surface area (Å²) in [6.45, 7) is 9.36. The van der Waals surface area contributed by atoms with Gasteiger partial charge in [0.15, 0.2) is 0 Å². The second-order valence-corrected chi connectivity index (χ2v) is 4.00. The summed E-state index contributed by atoms with van der Waals surface area (Å²) >= 11 is 0. The summed E-state index contributed by atoms with van der Waals surface area (Å²) in [6.07, 6.45) is 0. The van der Waals surface area contributed by atoms with Gasteiger partial charge in [-0.15, -0.1) is 0 Å². The largest absolute Gasteiger partial charge is 0.356 e. The first kappa shape index (κ1) is 12.1. The molecule has 0 rings (SSSR count). The van der Waals surface area contributed by atoms with Crippen molar-refractivity contribution in [3.8, 4) is 0 Å². The summed E-state index contributed by atoms with van der Waals surface area (Å²) in [7, 11) is 0. The van der Waals surface area contributed by atoms with Crippen LogP contribution < -0.4 is 5.32 Å². The maximum atomic E-state index is 11.6. The Balaban J connectivity index is 4.55. The standard InChI is InChI=1S/C10H19NO2/c1-6-11-9(13)10(4,5)8(12)7(2)3/h7H,6H2,1-5H3,(H,11,13). The minimum absolute atomic E-state index is 0.0153. The van der Waals surface area contributed by atoms with Gasteiger partial charge in [-0.05, 0) is 20.8 Å². The lowest BCUT2D eigenvalue weighted by atomic mass is 9.81. The van der Waals surface area contributed by atoms with Crippen molar-refractivity contribution in [3.63, 3.8) is 0 Å². The number of nitrogens with one attached hydrogen (secondary N) is 1. The molecule has 0 saturated carbocycles. The number of carbonyl (C=O) groups excluding carboxylic acids is 2. The Hall–Kier alpha value is -0.860. The molecule has 0 aromatic carbocycles. The highest BCUT2D eigenvalue weighted by atomic mass is 16.2. The molecule has 3 nitrogen and oxygen atoms in total. The van der Waals surface area contributed by atoms with Crippen molar-refractivity contribution in [1.82, 2.24) is 5.32 Å². The quantitative estimate of drug-likeness (QED) is 0.672. The van der Waals surface area contributed by atoms with Crippen LogP contribution in [0.2, 0.25) is 0 Å². The van der Waals surface area contributed by atoms with Crippen LogP contribution in [0.25, 0.3) is 0 Å². The van der Waals surface area contributed by atoms with Crippen molar-refractivity contribution in [2.24, 2.45) is 11.3 Å². The molecular formula is C10H19NO2. The van der Waals surface area contributed by atoms with Gasteiger partial charge < -0.3 is 5.32 Å². The SMILES string of the molecule is CCNC(=O)C(C)(C)C(=O)C(C)C. The average Bonchev–Trinajstić information content (AvgIpc) is 2.03.